The number of aliphatic hydroxyl groups is 2. The number of rotatable bonds is 4. The molecule has 0 spiro atoms. The second kappa shape index (κ2) is 6.40. The molecule has 3 nitrogen and oxygen atoms in total. The first-order valence-corrected chi connectivity index (χ1v) is 7.89. The third-order valence-corrected chi connectivity index (χ3v) is 4.79. The standard InChI is InChI=1S/C18H17NO2S/c1-12-2-4-13(5-3-12)17(20)15-6-7-16(22-15)18(21)14-8-10-19-11-9-14/h2-11,17-18,20-21H,1H3. The first kappa shape index (κ1) is 14.9. The highest BCUT2D eigenvalue weighted by molar-refractivity contribution is 7.12. The van der Waals surface area contributed by atoms with Gasteiger partial charge in [0.25, 0.3) is 0 Å². The fraction of sp³-hybridized carbons (Fsp3) is 0.167. The van der Waals surface area contributed by atoms with Crippen molar-refractivity contribution >= 4 is 11.3 Å². The first-order valence-electron chi connectivity index (χ1n) is 7.07. The smallest absolute Gasteiger partial charge is 0.113 e. The van der Waals surface area contributed by atoms with Crippen LogP contribution in [-0.4, -0.2) is 15.2 Å². The predicted octanol–water partition coefficient (Wildman–Crippen LogP) is 3.61. The van der Waals surface area contributed by atoms with E-state index in [1.54, 1.807) is 24.5 Å². The lowest BCUT2D eigenvalue weighted by Crippen LogP contribution is -1.97. The molecule has 0 radical (unpaired) electrons. The second-order valence-corrected chi connectivity index (χ2v) is 6.38. The molecule has 2 N–H and O–H groups in total. The van der Waals surface area contributed by atoms with Crippen molar-refractivity contribution in [2.24, 2.45) is 0 Å². The van der Waals surface area contributed by atoms with Crippen molar-refractivity contribution in [1.29, 1.82) is 0 Å². The van der Waals surface area contributed by atoms with E-state index in [2.05, 4.69) is 4.98 Å². The normalized spacial score (nSPS) is 13.8. The quantitative estimate of drug-likeness (QED) is 0.774. The first-order chi connectivity index (χ1) is 10.6. The van der Waals surface area contributed by atoms with Gasteiger partial charge in [-0.3, -0.25) is 4.98 Å². The van der Waals surface area contributed by atoms with Gasteiger partial charge >= 0.3 is 0 Å². The van der Waals surface area contributed by atoms with E-state index >= 15 is 0 Å². The van der Waals surface area contributed by atoms with E-state index in [1.165, 1.54) is 11.3 Å². The van der Waals surface area contributed by atoms with Crippen molar-refractivity contribution in [2.45, 2.75) is 19.1 Å². The van der Waals surface area contributed by atoms with Crippen molar-refractivity contribution in [1.82, 2.24) is 4.98 Å². The maximum absolute atomic E-state index is 10.5. The lowest BCUT2D eigenvalue weighted by molar-refractivity contribution is 0.223. The molecule has 22 heavy (non-hydrogen) atoms. The zero-order valence-electron chi connectivity index (χ0n) is 12.2. The van der Waals surface area contributed by atoms with Gasteiger partial charge < -0.3 is 10.2 Å². The minimum absolute atomic E-state index is 0.663. The minimum atomic E-state index is -0.688. The third kappa shape index (κ3) is 3.09. The summed E-state index contributed by atoms with van der Waals surface area (Å²) < 4.78 is 0. The summed E-state index contributed by atoms with van der Waals surface area (Å²) in [7, 11) is 0. The Kier molecular flexibility index (Phi) is 4.34. The summed E-state index contributed by atoms with van der Waals surface area (Å²) in [6.45, 7) is 2.02. The van der Waals surface area contributed by atoms with Crippen LogP contribution in [0, 0.1) is 6.92 Å². The van der Waals surface area contributed by atoms with Crippen LogP contribution >= 0.6 is 11.3 Å². The van der Waals surface area contributed by atoms with Crippen molar-refractivity contribution in [3.63, 3.8) is 0 Å². The number of nitrogens with zero attached hydrogens (tertiary/aromatic N) is 1. The van der Waals surface area contributed by atoms with Gasteiger partial charge in [0.05, 0.1) is 0 Å². The number of aromatic nitrogens is 1. The fourth-order valence-corrected chi connectivity index (χ4v) is 3.33. The fourth-order valence-electron chi connectivity index (χ4n) is 2.29. The number of benzene rings is 1. The summed E-state index contributed by atoms with van der Waals surface area (Å²) in [5.74, 6) is 0. The van der Waals surface area contributed by atoms with Crippen LogP contribution in [0.4, 0.5) is 0 Å². The Bertz CT molecular complexity index is 737. The molecular weight excluding hydrogens is 294 g/mol. The number of aliphatic hydroxyl groups excluding tert-OH is 2. The molecule has 1 aromatic carbocycles. The van der Waals surface area contributed by atoms with Gasteiger partial charge in [-0.25, -0.2) is 0 Å². The summed E-state index contributed by atoms with van der Waals surface area (Å²) in [6, 6.07) is 15.1. The molecule has 3 aromatic rings. The maximum Gasteiger partial charge on any atom is 0.113 e. The topological polar surface area (TPSA) is 53.4 Å². The van der Waals surface area contributed by atoms with Gasteiger partial charge in [-0.1, -0.05) is 29.8 Å². The lowest BCUT2D eigenvalue weighted by atomic mass is 10.1. The summed E-state index contributed by atoms with van der Waals surface area (Å²) in [4.78, 5) is 5.59. The van der Waals surface area contributed by atoms with E-state index in [0.717, 1.165) is 26.4 Å². The van der Waals surface area contributed by atoms with Crippen LogP contribution in [0.3, 0.4) is 0 Å². The minimum Gasteiger partial charge on any atom is -0.383 e. The number of thiophene rings is 1. The average Bonchev–Trinajstić information content (AvgIpc) is 3.05. The summed E-state index contributed by atoms with van der Waals surface area (Å²) in [5.41, 5.74) is 2.82. The molecule has 112 valence electrons. The molecule has 0 aliphatic carbocycles. The number of hydrogen-bond donors (Lipinski definition) is 2. The Balaban J connectivity index is 1.83. The largest absolute Gasteiger partial charge is 0.383 e. The van der Waals surface area contributed by atoms with E-state index < -0.39 is 12.2 Å². The molecule has 4 heteroatoms. The van der Waals surface area contributed by atoms with Crippen LogP contribution in [0.1, 0.15) is 38.7 Å². The van der Waals surface area contributed by atoms with Crippen LogP contribution in [0.5, 0.6) is 0 Å². The van der Waals surface area contributed by atoms with Gasteiger partial charge in [0, 0.05) is 22.1 Å². The maximum atomic E-state index is 10.5. The molecule has 2 aromatic heterocycles. The highest BCUT2D eigenvalue weighted by Gasteiger charge is 2.17. The van der Waals surface area contributed by atoms with Crippen LogP contribution in [-0.2, 0) is 0 Å². The zero-order chi connectivity index (χ0) is 15.5. The molecule has 3 rings (SSSR count). The lowest BCUT2D eigenvalue weighted by Gasteiger charge is -2.10. The summed E-state index contributed by atoms with van der Waals surface area (Å²) >= 11 is 1.42. The highest BCUT2D eigenvalue weighted by Crippen LogP contribution is 2.33. The Hall–Kier alpha value is -2.01. The van der Waals surface area contributed by atoms with Crippen molar-refractivity contribution in [3.8, 4) is 0 Å². The SMILES string of the molecule is Cc1ccc(C(O)c2ccc(C(O)c3ccncc3)s2)cc1. The van der Waals surface area contributed by atoms with Crippen LogP contribution < -0.4 is 0 Å². The number of pyridine rings is 1. The Morgan fingerprint density at radius 1 is 0.773 bits per heavy atom. The van der Waals surface area contributed by atoms with Crippen molar-refractivity contribution in [3.05, 3.63) is 87.4 Å². The molecule has 0 aliphatic rings. The predicted molar refractivity (Wildman–Crippen MR) is 87.9 cm³/mol. The molecule has 2 heterocycles. The van der Waals surface area contributed by atoms with Crippen LogP contribution in [0.2, 0.25) is 0 Å². The van der Waals surface area contributed by atoms with E-state index in [-0.39, 0.29) is 0 Å². The molecule has 0 aliphatic heterocycles. The third-order valence-electron chi connectivity index (χ3n) is 3.60. The van der Waals surface area contributed by atoms with E-state index in [4.69, 9.17) is 0 Å². The van der Waals surface area contributed by atoms with E-state index in [1.807, 2.05) is 43.3 Å². The van der Waals surface area contributed by atoms with Crippen molar-refractivity contribution < 1.29 is 10.2 Å². The number of hydrogen-bond acceptors (Lipinski definition) is 4. The zero-order valence-corrected chi connectivity index (χ0v) is 13.0. The molecule has 2 unspecified atom stereocenters. The second-order valence-electron chi connectivity index (χ2n) is 5.24. The van der Waals surface area contributed by atoms with E-state index in [0.29, 0.717) is 0 Å². The molecule has 0 amide bonds. The molecule has 2 atom stereocenters. The summed E-state index contributed by atoms with van der Waals surface area (Å²) in [5, 5.41) is 20.9. The van der Waals surface area contributed by atoms with Gasteiger partial charge in [0.15, 0.2) is 0 Å². The van der Waals surface area contributed by atoms with Crippen LogP contribution in [0.25, 0.3) is 0 Å². The van der Waals surface area contributed by atoms with Gasteiger partial charge in [-0.2, -0.15) is 0 Å². The molecule has 0 fully saturated rings. The van der Waals surface area contributed by atoms with Gasteiger partial charge in [-0.05, 0) is 42.3 Å². The van der Waals surface area contributed by atoms with Crippen LogP contribution in [0.15, 0.2) is 60.9 Å². The van der Waals surface area contributed by atoms with Gasteiger partial charge in [0.2, 0.25) is 0 Å². The molecule has 0 saturated heterocycles. The molecule has 0 saturated carbocycles. The summed E-state index contributed by atoms with van der Waals surface area (Å²) in [6.07, 6.45) is 1.97. The Morgan fingerprint density at radius 3 is 1.82 bits per heavy atom. The highest BCUT2D eigenvalue weighted by atomic mass is 32.1. The Labute approximate surface area is 133 Å². The van der Waals surface area contributed by atoms with Gasteiger partial charge in [0.1, 0.15) is 12.2 Å². The van der Waals surface area contributed by atoms with E-state index in [9.17, 15) is 10.2 Å². The Morgan fingerprint density at radius 2 is 1.27 bits per heavy atom. The molecule has 0 bridgehead atoms. The average molecular weight is 311 g/mol. The number of aryl methyl sites for hydroxylation is 1. The monoisotopic (exact) mass is 311 g/mol. The van der Waals surface area contributed by atoms with Gasteiger partial charge in [-0.15, -0.1) is 11.3 Å². The van der Waals surface area contributed by atoms with Crippen molar-refractivity contribution in [2.75, 3.05) is 0 Å². The molecular formula is C18H17NO2S.